The van der Waals surface area contributed by atoms with Gasteiger partial charge in [0.05, 0.1) is 11.4 Å². The van der Waals surface area contributed by atoms with Gasteiger partial charge in [0.1, 0.15) is 0 Å². The van der Waals surface area contributed by atoms with Crippen molar-refractivity contribution >= 4 is 40.7 Å². The normalized spacial score (nSPS) is 18.9. The fourth-order valence-corrected chi connectivity index (χ4v) is 1.54. The molecule has 0 spiro atoms. The SMILES string of the molecule is C=C1C(C)=NN=C2C=CN(C(=O)C(Cl)Cl)N12. The van der Waals surface area contributed by atoms with Gasteiger partial charge in [0.25, 0.3) is 5.91 Å². The number of carbonyl (C=O) groups is 1. The molecule has 0 fully saturated rings. The molecule has 84 valence electrons. The molecule has 2 aliphatic rings. The minimum atomic E-state index is -1.13. The molecule has 0 radical (unpaired) electrons. The Kier molecular flexibility index (Phi) is 2.73. The van der Waals surface area contributed by atoms with Crippen LogP contribution >= 0.6 is 23.2 Å². The summed E-state index contributed by atoms with van der Waals surface area (Å²) in [6.07, 6.45) is 3.16. The molecule has 16 heavy (non-hydrogen) atoms. The molecule has 2 rings (SSSR count). The number of allylic oxidation sites excluding steroid dienone is 1. The van der Waals surface area contributed by atoms with Gasteiger partial charge >= 0.3 is 0 Å². The summed E-state index contributed by atoms with van der Waals surface area (Å²) in [4.78, 5) is 10.6. The second-order valence-corrected chi connectivity index (χ2v) is 4.30. The molecule has 0 aromatic rings. The predicted octanol–water partition coefficient (Wildman–Crippen LogP) is 1.66. The van der Waals surface area contributed by atoms with E-state index in [0.717, 1.165) is 0 Å². The van der Waals surface area contributed by atoms with Gasteiger partial charge in [-0.05, 0) is 6.92 Å². The molecule has 0 unspecified atom stereocenters. The van der Waals surface area contributed by atoms with Crippen molar-refractivity contribution < 1.29 is 4.79 Å². The van der Waals surface area contributed by atoms with E-state index in [1.165, 1.54) is 16.2 Å². The summed E-state index contributed by atoms with van der Waals surface area (Å²) < 4.78 is 0. The summed E-state index contributed by atoms with van der Waals surface area (Å²) in [5.74, 6) is 0.0542. The molecule has 0 aromatic heterocycles. The first-order valence-electron chi connectivity index (χ1n) is 4.43. The molecule has 0 atom stereocenters. The van der Waals surface area contributed by atoms with Gasteiger partial charge in [-0.1, -0.05) is 29.8 Å². The van der Waals surface area contributed by atoms with Gasteiger partial charge in [-0.3, -0.25) is 4.79 Å². The number of amides is 1. The number of amidine groups is 1. The Balaban J connectivity index is 2.32. The highest BCUT2D eigenvalue weighted by molar-refractivity contribution is 6.53. The van der Waals surface area contributed by atoms with Crippen LogP contribution in [0.3, 0.4) is 0 Å². The molecule has 7 heteroatoms. The Morgan fingerprint density at radius 3 is 2.81 bits per heavy atom. The Morgan fingerprint density at radius 2 is 2.19 bits per heavy atom. The summed E-state index contributed by atoms with van der Waals surface area (Å²) in [7, 11) is 0. The van der Waals surface area contributed by atoms with Crippen LogP contribution in [0.5, 0.6) is 0 Å². The van der Waals surface area contributed by atoms with Gasteiger partial charge in [0.2, 0.25) is 0 Å². The topological polar surface area (TPSA) is 48.3 Å². The number of nitrogens with zero attached hydrogens (tertiary/aromatic N) is 4. The van der Waals surface area contributed by atoms with Gasteiger partial charge in [-0.25, -0.2) is 10.0 Å². The number of hydrogen-bond donors (Lipinski definition) is 0. The zero-order chi connectivity index (χ0) is 11.9. The number of rotatable bonds is 1. The number of fused-ring (bicyclic) bond motifs is 1. The average Bonchev–Trinajstić information content (AvgIpc) is 2.66. The molecule has 0 saturated heterocycles. The van der Waals surface area contributed by atoms with Crippen LogP contribution in [0.25, 0.3) is 0 Å². The van der Waals surface area contributed by atoms with Crippen molar-refractivity contribution in [2.24, 2.45) is 10.2 Å². The van der Waals surface area contributed by atoms with E-state index in [0.29, 0.717) is 17.2 Å². The standard InChI is InChI=1S/C9H8Cl2N4O/c1-5-6(2)15-7(13-12-5)3-4-14(15)9(16)8(10)11/h3-4,8H,2H2,1H3. The molecular formula is C9H8Cl2N4O. The minimum Gasteiger partial charge on any atom is -0.269 e. The summed E-state index contributed by atoms with van der Waals surface area (Å²) in [6.45, 7) is 5.58. The number of hydrogen-bond acceptors (Lipinski definition) is 4. The van der Waals surface area contributed by atoms with E-state index >= 15 is 0 Å². The van der Waals surface area contributed by atoms with E-state index in [1.54, 1.807) is 13.0 Å². The Bertz CT molecular complexity index is 452. The lowest BCUT2D eigenvalue weighted by Crippen LogP contribution is -2.45. The van der Waals surface area contributed by atoms with E-state index in [4.69, 9.17) is 23.2 Å². The molecule has 0 aromatic carbocycles. The third-order valence-corrected chi connectivity index (χ3v) is 2.56. The molecule has 0 bridgehead atoms. The second kappa shape index (κ2) is 3.92. The molecule has 2 heterocycles. The molecule has 0 saturated carbocycles. The zero-order valence-corrected chi connectivity index (χ0v) is 9.90. The van der Waals surface area contributed by atoms with Crippen LogP contribution in [0.2, 0.25) is 0 Å². The van der Waals surface area contributed by atoms with E-state index in [-0.39, 0.29) is 0 Å². The number of hydrazine groups is 1. The lowest BCUT2D eigenvalue weighted by atomic mass is 10.3. The van der Waals surface area contributed by atoms with Gasteiger partial charge in [-0.2, -0.15) is 5.10 Å². The maximum atomic E-state index is 11.7. The Morgan fingerprint density at radius 1 is 1.50 bits per heavy atom. The maximum absolute atomic E-state index is 11.7. The van der Waals surface area contributed by atoms with Gasteiger partial charge in [0.15, 0.2) is 10.7 Å². The molecular weight excluding hydrogens is 251 g/mol. The van der Waals surface area contributed by atoms with Crippen LogP contribution in [-0.4, -0.2) is 32.3 Å². The van der Waals surface area contributed by atoms with Crippen molar-refractivity contribution in [1.29, 1.82) is 0 Å². The first-order valence-corrected chi connectivity index (χ1v) is 5.30. The van der Waals surface area contributed by atoms with Crippen LogP contribution in [0.15, 0.2) is 34.8 Å². The van der Waals surface area contributed by atoms with Gasteiger partial charge < -0.3 is 0 Å². The molecule has 1 amide bonds. The molecule has 5 nitrogen and oxygen atoms in total. The highest BCUT2D eigenvalue weighted by Gasteiger charge is 2.34. The van der Waals surface area contributed by atoms with E-state index in [2.05, 4.69) is 16.8 Å². The van der Waals surface area contributed by atoms with Crippen molar-refractivity contribution in [3.8, 4) is 0 Å². The van der Waals surface area contributed by atoms with Crippen LogP contribution < -0.4 is 0 Å². The fraction of sp³-hybridized carbons (Fsp3) is 0.222. The van der Waals surface area contributed by atoms with Crippen molar-refractivity contribution in [1.82, 2.24) is 10.0 Å². The Labute approximate surface area is 102 Å². The highest BCUT2D eigenvalue weighted by Crippen LogP contribution is 2.23. The van der Waals surface area contributed by atoms with E-state index < -0.39 is 10.7 Å². The summed E-state index contributed by atoms with van der Waals surface area (Å²) in [5, 5.41) is 10.6. The van der Waals surface area contributed by atoms with Gasteiger partial charge in [-0.15, -0.1) is 5.10 Å². The maximum Gasteiger partial charge on any atom is 0.278 e. The lowest BCUT2D eigenvalue weighted by molar-refractivity contribution is -0.133. The average molecular weight is 259 g/mol. The van der Waals surface area contributed by atoms with Crippen LogP contribution in [0.1, 0.15) is 6.92 Å². The largest absolute Gasteiger partial charge is 0.278 e. The molecule has 2 aliphatic heterocycles. The quantitative estimate of drug-likeness (QED) is 0.672. The lowest BCUT2D eigenvalue weighted by Gasteiger charge is -2.31. The molecule has 0 N–H and O–H groups in total. The monoisotopic (exact) mass is 258 g/mol. The van der Waals surface area contributed by atoms with Crippen molar-refractivity contribution in [2.45, 2.75) is 11.8 Å². The summed E-state index contributed by atoms with van der Waals surface area (Å²) >= 11 is 11.1. The number of carbonyl (C=O) groups excluding carboxylic acids is 1. The third kappa shape index (κ3) is 1.62. The van der Waals surface area contributed by atoms with Crippen molar-refractivity contribution in [3.63, 3.8) is 0 Å². The van der Waals surface area contributed by atoms with Crippen molar-refractivity contribution in [2.75, 3.05) is 0 Å². The van der Waals surface area contributed by atoms with Crippen molar-refractivity contribution in [3.05, 3.63) is 24.6 Å². The van der Waals surface area contributed by atoms with Crippen LogP contribution in [0.4, 0.5) is 0 Å². The smallest absolute Gasteiger partial charge is 0.269 e. The van der Waals surface area contributed by atoms with Crippen LogP contribution in [-0.2, 0) is 4.79 Å². The first-order chi connectivity index (χ1) is 7.52. The predicted molar refractivity (Wildman–Crippen MR) is 63.0 cm³/mol. The number of alkyl halides is 2. The van der Waals surface area contributed by atoms with Gasteiger partial charge in [0, 0.05) is 12.3 Å². The first kappa shape index (κ1) is 11.2. The second-order valence-electron chi connectivity index (χ2n) is 3.20. The zero-order valence-electron chi connectivity index (χ0n) is 8.39. The van der Waals surface area contributed by atoms with E-state index in [9.17, 15) is 4.79 Å². The number of halogens is 2. The highest BCUT2D eigenvalue weighted by atomic mass is 35.5. The summed E-state index contributed by atoms with van der Waals surface area (Å²) in [6, 6.07) is 0. The minimum absolute atomic E-state index is 0.458. The fourth-order valence-electron chi connectivity index (χ4n) is 1.34. The molecule has 0 aliphatic carbocycles. The third-order valence-electron chi connectivity index (χ3n) is 2.19. The Hall–Kier alpha value is -1.33. The summed E-state index contributed by atoms with van der Waals surface area (Å²) in [5.41, 5.74) is 1.20. The van der Waals surface area contributed by atoms with Crippen LogP contribution in [0, 0.1) is 0 Å². The van der Waals surface area contributed by atoms with E-state index in [1.807, 2.05) is 0 Å².